The molecule has 0 aliphatic carbocycles. The Morgan fingerprint density at radius 3 is 2.73 bits per heavy atom. The van der Waals surface area contributed by atoms with Crippen LogP contribution in [0.4, 0.5) is 5.82 Å². The van der Waals surface area contributed by atoms with E-state index in [4.69, 9.17) is 0 Å². The maximum atomic E-state index is 13.0. The molecule has 4 rings (SSSR count). The average Bonchev–Trinajstić information content (AvgIpc) is 3.23. The topological polar surface area (TPSA) is 49.3 Å². The largest absolute Gasteiger partial charge is 0.357 e. The van der Waals surface area contributed by atoms with Gasteiger partial charge >= 0.3 is 0 Å². The Labute approximate surface area is 155 Å². The lowest BCUT2D eigenvalue weighted by Crippen LogP contribution is -2.40. The van der Waals surface area contributed by atoms with E-state index in [0.717, 1.165) is 62.5 Å². The normalized spacial score (nSPS) is 20.4. The average molecular weight is 350 g/mol. The molecule has 0 bridgehead atoms. The Bertz CT molecular complexity index is 743. The van der Waals surface area contributed by atoms with Crippen LogP contribution in [0.15, 0.2) is 42.7 Å². The summed E-state index contributed by atoms with van der Waals surface area (Å²) in [5.41, 5.74) is 1.88. The van der Waals surface area contributed by atoms with Gasteiger partial charge in [0.25, 0.3) is 5.91 Å². The summed E-state index contributed by atoms with van der Waals surface area (Å²) in [5.74, 6) is 1.57. The number of anilines is 1. The number of likely N-dealkylation sites (tertiary alicyclic amines) is 1. The molecule has 136 valence electrons. The molecule has 1 atom stereocenters. The summed E-state index contributed by atoms with van der Waals surface area (Å²) in [6.45, 7) is 3.75. The molecule has 5 nitrogen and oxygen atoms in total. The molecule has 0 aromatic carbocycles. The van der Waals surface area contributed by atoms with Crippen LogP contribution >= 0.6 is 0 Å². The molecule has 5 heteroatoms. The zero-order valence-electron chi connectivity index (χ0n) is 15.2. The van der Waals surface area contributed by atoms with Crippen molar-refractivity contribution in [3.05, 3.63) is 54.0 Å². The second-order valence-electron chi connectivity index (χ2n) is 7.38. The van der Waals surface area contributed by atoms with E-state index in [1.165, 1.54) is 12.8 Å². The van der Waals surface area contributed by atoms with Crippen LogP contribution in [0.1, 0.15) is 41.7 Å². The second-order valence-corrected chi connectivity index (χ2v) is 7.38. The third-order valence-corrected chi connectivity index (χ3v) is 5.45. The van der Waals surface area contributed by atoms with Crippen molar-refractivity contribution in [1.29, 1.82) is 0 Å². The number of hydrogen-bond acceptors (Lipinski definition) is 4. The van der Waals surface area contributed by atoms with Crippen LogP contribution in [0.3, 0.4) is 0 Å². The molecule has 2 saturated heterocycles. The Morgan fingerprint density at radius 1 is 1.04 bits per heavy atom. The number of aromatic nitrogens is 2. The van der Waals surface area contributed by atoms with Crippen molar-refractivity contribution < 1.29 is 4.79 Å². The lowest BCUT2D eigenvalue weighted by molar-refractivity contribution is 0.0672. The van der Waals surface area contributed by atoms with Gasteiger partial charge in [-0.1, -0.05) is 6.07 Å². The highest BCUT2D eigenvalue weighted by Gasteiger charge is 2.25. The molecule has 4 heterocycles. The Hall–Kier alpha value is -2.43. The highest BCUT2D eigenvalue weighted by atomic mass is 16.2. The van der Waals surface area contributed by atoms with Gasteiger partial charge in [-0.2, -0.15) is 0 Å². The maximum absolute atomic E-state index is 13.0. The highest BCUT2D eigenvalue weighted by molar-refractivity contribution is 5.95. The fourth-order valence-electron chi connectivity index (χ4n) is 4.08. The third kappa shape index (κ3) is 3.87. The molecule has 0 saturated carbocycles. The quantitative estimate of drug-likeness (QED) is 0.850. The molecule has 1 amide bonds. The van der Waals surface area contributed by atoms with Gasteiger partial charge in [0, 0.05) is 49.8 Å². The molecular weight excluding hydrogens is 324 g/mol. The zero-order valence-corrected chi connectivity index (χ0v) is 15.2. The molecule has 2 aliphatic heterocycles. The Morgan fingerprint density at radius 2 is 1.92 bits per heavy atom. The molecule has 0 radical (unpaired) electrons. The Balaban J connectivity index is 1.43. The summed E-state index contributed by atoms with van der Waals surface area (Å²) in [6, 6.07) is 9.87. The minimum absolute atomic E-state index is 0.138. The van der Waals surface area contributed by atoms with Gasteiger partial charge in [-0.25, -0.2) is 4.98 Å². The molecule has 2 aromatic rings. The van der Waals surface area contributed by atoms with E-state index >= 15 is 0 Å². The summed E-state index contributed by atoms with van der Waals surface area (Å²) in [5, 5.41) is 0. The van der Waals surface area contributed by atoms with E-state index in [9.17, 15) is 4.79 Å². The number of pyridine rings is 2. The van der Waals surface area contributed by atoms with E-state index in [0.29, 0.717) is 5.92 Å². The predicted octanol–water partition coefficient (Wildman–Crippen LogP) is 3.17. The lowest BCUT2D eigenvalue weighted by atomic mass is 9.93. The van der Waals surface area contributed by atoms with Crippen LogP contribution in [0.25, 0.3) is 0 Å². The van der Waals surface area contributed by atoms with Gasteiger partial charge in [-0.15, -0.1) is 0 Å². The van der Waals surface area contributed by atoms with Gasteiger partial charge in [0.05, 0.1) is 0 Å². The number of piperidine rings is 1. The first-order valence-electron chi connectivity index (χ1n) is 9.70. The third-order valence-electron chi connectivity index (χ3n) is 5.45. The maximum Gasteiger partial charge on any atom is 0.254 e. The van der Waals surface area contributed by atoms with E-state index in [1.807, 2.05) is 35.4 Å². The van der Waals surface area contributed by atoms with E-state index < -0.39 is 0 Å². The number of nitrogens with zero attached hydrogens (tertiary/aromatic N) is 4. The first-order chi connectivity index (χ1) is 12.8. The summed E-state index contributed by atoms with van der Waals surface area (Å²) >= 11 is 0. The summed E-state index contributed by atoms with van der Waals surface area (Å²) in [4.78, 5) is 26.2. The van der Waals surface area contributed by atoms with Crippen molar-refractivity contribution in [2.24, 2.45) is 5.92 Å². The first-order valence-corrected chi connectivity index (χ1v) is 9.70. The Kier molecular flexibility index (Phi) is 5.14. The van der Waals surface area contributed by atoms with Crippen LogP contribution in [0.2, 0.25) is 0 Å². The van der Waals surface area contributed by atoms with Gasteiger partial charge < -0.3 is 9.80 Å². The van der Waals surface area contributed by atoms with Gasteiger partial charge in [-0.3, -0.25) is 9.78 Å². The fourth-order valence-corrected chi connectivity index (χ4v) is 4.08. The van der Waals surface area contributed by atoms with Crippen LogP contribution in [-0.2, 0) is 6.42 Å². The van der Waals surface area contributed by atoms with E-state index in [1.54, 1.807) is 6.20 Å². The van der Waals surface area contributed by atoms with Crippen molar-refractivity contribution in [2.75, 3.05) is 31.1 Å². The van der Waals surface area contributed by atoms with Crippen molar-refractivity contribution in [2.45, 2.75) is 32.1 Å². The summed E-state index contributed by atoms with van der Waals surface area (Å²) in [6.07, 6.45) is 9.21. The summed E-state index contributed by atoms with van der Waals surface area (Å²) < 4.78 is 0. The molecule has 26 heavy (non-hydrogen) atoms. The highest BCUT2D eigenvalue weighted by Crippen LogP contribution is 2.23. The van der Waals surface area contributed by atoms with Crippen molar-refractivity contribution in [1.82, 2.24) is 14.9 Å². The molecule has 0 N–H and O–H groups in total. The smallest absolute Gasteiger partial charge is 0.254 e. The van der Waals surface area contributed by atoms with Crippen LogP contribution in [-0.4, -0.2) is 47.0 Å². The van der Waals surface area contributed by atoms with E-state index in [2.05, 4.69) is 20.9 Å². The first kappa shape index (κ1) is 17.0. The van der Waals surface area contributed by atoms with E-state index in [-0.39, 0.29) is 5.91 Å². The second kappa shape index (κ2) is 7.85. The number of carbonyl (C=O) groups is 1. The van der Waals surface area contributed by atoms with Crippen molar-refractivity contribution in [3.63, 3.8) is 0 Å². The number of amides is 1. The SMILES string of the molecule is O=C(c1ccnc(N2CCCC2)c1)N1CCCC(Cc2ccccn2)C1. The van der Waals surface area contributed by atoms with Gasteiger partial charge in [-0.05, 0) is 62.3 Å². The summed E-state index contributed by atoms with van der Waals surface area (Å²) in [7, 11) is 0. The van der Waals surface area contributed by atoms with Gasteiger partial charge in [0.2, 0.25) is 0 Å². The lowest BCUT2D eigenvalue weighted by Gasteiger charge is -2.33. The van der Waals surface area contributed by atoms with Crippen LogP contribution < -0.4 is 4.90 Å². The number of carbonyl (C=O) groups excluding carboxylic acids is 1. The fraction of sp³-hybridized carbons (Fsp3) is 0.476. The molecular formula is C21H26N4O. The zero-order chi connectivity index (χ0) is 17.8. The molecule has 2 fully saturated rings. The minimum atomic E-state index is 0.138. The molecule has 1 unspecified atom stereocenters. The molecule has 2 aromatic heterocycles. The number of hydrogen-bond donors (Lipinski definition) is 0. The number of rotatable bonds is 4. The molecule has 2 aliphatic rings. The van der Waals surface area contributed by atoms with Crippen molar-refractivity contribution >= 4 is 11.7 Å². The molecule has 0 spiro atoms. The predicted molar refractivity (Wildman–Crippen MR) is 102 cm³/mol. The van der Waals surface area contributed by atoms with Crippen LogP contribution in [0.5, 0.6) is 0 Å². The van der Waals surface area contributed by atoms with Crippen molar-refractivity contribution in [3.8, 4) is 0 Å². The minimum Gasteiger partial charge on any atom is -0.357 e. The van der Waals surface area contributed by atoms with Crippen LogP contribution in [0, 0.1) is 5.92 Å². The van der Waals surface area contributed by atoms with Gasteiger partial charge in [0.1, 0.15) is 5.82 Å². The monoisotopic (exact) mass is 350 g/mol. The standard InChI is InChI=1S/C21H26N4O/c26-21(18-8-10-23-20(15-18)24-11-3-4-12-24)25-13-5-6-17(16-25)14-19-7-1-2-9-22-19/h1-2,7-10,15,17H,3-6,11-14,16H2. The van der Waals surface area contributed by atoms with Gasteiger partial charge in [0.15, 0.2) is 0 Å².